The normalized spacial score (nSPS) is 34.5. The molecule has 0 amide bonds. The van der Waals surface area contributed by atoms with E-state index in [0.29, 0.717) is 5.95 Å². The molecule has 0 bridgehead atoms. The summed E-state index contributed by atoms with van der Waals surface area (Å²) in [5.74, 6) is 0.624. The van der Waals surface area contributed by atoms with Crippen LogP contribution in [0.2, 0.25) is 0 Å². The first-order valence-corrected chi connectivity index (χ1v) is 8.60. The standard InChI is InChI=1S/C6H6Cl6.C4H8N6/c7-1-2(8)4(10)6(12)5(11)3(1)9;1-7-4-9-2(5)8-3(6)10-4/h1-6H;1H3,(H5,5,6,7,8,9,10). The second-order valence-corrected chi connectivity index (χ2v) is 7.32. The van der Waals surface area contributed by atoms with E-state index in [4.69, 9.17) is 81.1 Å². The zero-order valence-electron chi connectivity index (χ0n) is 11.2. The molecule has 22 heavy (non-hydrogen) atoms. The van der Waals surface area contributed by atoms with E-state index in [1.807, 2.05) is 0 Å². The molecule has 0 saturated heterocycles. The van der Waals surface area contributed by atoms with Gasteiger partial charge in [-0.05, 0) is 0 Å². The first-order chi connectivity index (χ1) is 10.2. The van der Waals surface area contributed by atoms with Crippen LogP contribution in [0.4, 0.5) is 17.8 Å². The van der Waals surface area contributed by atoms with E-state index in [1.165, 1.54) is 0 Å². The lowest BCUT2D eigenvalue weighted by Crippen LogP contribution is -2.52. The lowest BCUT2D eigenvalue weighted by atomic mass is 9.97. The van der Waals surface area contributed by atoms with Gasteiger partial charge in [-0.15, -0.1) is 69.6 Å². The van der Waals surface area contributed by atoms with Crippen LogP contribution >= 0.6 is 69.6 Å². The Hall–Kier alpha value is 0.150. The highest BCUT2D eigenvalue weighted by molar-refractivity contribution is 6.45. The van der Waals surface area contributed by atoms with Crippen molar-refractivity contribution in [2.24, 2.45) is 0 Å². The van der Waals surface area contributed by atoms with Crippen molar-refractivity contribution >= 4 is 87.5 Å². The summed E-state index contributed by atoms with van der Waals surface area (Å²) in [5, 5.41) is 0.0660. The second kappa shape index (κ2) is 8.85. The molecule has 0 spiro atoms. The lowest BCUT2D eigenvalue weighted by Gasteiger charge is -2.37. The van der Waals surface area contributed by atoms with Gasteiger partial charge in [0.2, 0.25) is 17.8 Å². The third-order valence-electron chi connectivity index (χ3n) is 2.72. The number of anilines is 3. The molecule has 1 aliphatic rings. The largest absolute Gasteiger partial charge is 0.368 e. The molecule has 12 heteroatoms. The Kier molecular flexibility index (Phi) is 8.12. The Morgan fingerprint density at radius 3 is 1.18 bits per heavy atom. The van der Waals surface area contributed by atoms with Crippen LogP contribution in [0.5, 0.6) is 0 Å². The highest BCUT2D eigenvalue weighted by Crippen LogP contribution is 2.39. The van der Waals surface area contributed by atoms with Crippen molar-refractivity contribution in [3.63, 3.8) is 0 Å². The molecule has 1 aliphatic carbocycles. The average Bonchev–Trinajstić information content (AvgIpc) is 2.48. The predicted molar refractivity (Wildman–Crippen MR) is 96.0 cm³/mol. The van der Waals surface area contributed by atoms with Crippen LogP contribution in [0.25, 0.3) is 0 Å². The highest BCUT2D eigenvalue weighted by atomic mass is 35.5. The number of hydrogen-bond acceptors (Lipinski definition) is 6. The Labute approximate surface area is 158 Å². The summed E-state index contributed by atoms with van der Waals surface area (Å²) in [5.41, 5.74) is 10.5. The maximum Gasteiger partial charge on any atom is 0.229 e. The van der Waals surface area contributed by atoms with Crippen molar-refractivity contribution in [2.45, 2.75) is 32.3 Å². The van der Waals surface area contributed by atoms with E-state index in [9.17, 15) is 0 Å². The van der Waals surface area contributed by atoms with Crippen LogP contribution in [0.3, 0.4) is 0 Å². The Morgan fingerprint density at radius 2 is 0.955 bits per heavy atom. The van der Waals surface area contributed by atoms with Crippen molar-refractivity contribution < 1.29 is 0 Å². The number of hydrogen-bond donors (Lipinski definition) is 3. The van der Waals surface area contributed by atoms with Crippen molar-refractivity contribution in [1.82, 2.24) is 15.0 Å². The lowest BCUT2D eigenvalue weighted by molar-refractivity contribution is 0.544. The van der Waals surface area contributed by atoms with E-state index in [0.717, 1.165) is 0 Å². The van der Waals surface area contributed by atoms with E-state index in [1.54, 1.807) is 7.05 Å². The number of rotatable bonds is 1. The fraction of sp³-hybridized carbons (Fsp3) is 0.700. The Morgan fingerprint density at radius 1 is 0.682 bits per heavy atom. The molecule has 1 saturated carbocycles. The molecule has 1 aromatic heterocycles. The summed E-state index contributed by atoms with van der Waals surface area (Å²) >= 11 is 35.3. The molecule has 5 N–H and O–H groups in total. The van der Waals surface area contributed by atoms with Gasteiger partial charge in [0.1, 0.15) is 0 Å². The van der Waals surface area contributed by atoms with Crippen molar-refractivity contribution in [1.29, 1.82) is 0 Å². The molecule has 0 aliphatic heterocycles. The molecule has 0 unspecified atom stereocenters. The van der Waals surface area contributed by atoms with Gasteiger partial charge in [0.25, 0.3) is 0 Å². The summed E-state index contributed by atoms with van der Waals surface area (Å²) < 4.78 is 0. The van der Waals surface area contributed by atoms with Crippen molar-refractivity contribution in [2.75, 3.05) is 23.8 Å². The number of nitrogen functional groups attached to an aromatic ring is 2. The molecule has 1 heterocycles. The highest BCUT2D eigenvalue weighted by Gasteiger charge is 2.46. The number of nitrogens with zero attached hydrogens (tertiary/aromatic N) is 3. The van der Waals surface area contributed by atoms with Crippen LogP contribution in [-0.4, -0.2) is 54.3 Å². The molecule has 0 aromatic carbocycles. The SMILES string of the molecule is CNc1nc(N)nc(N)n1.ClC1C(Cl)C(Cl)C(Cl)C(Cl)C1Cl. The van der Waals surface area contributed by atoms with Gasteiger partial charge < -0.3 is 16.8 Å². The number of nitrogens with two attached hydrogens (primary N) is 2. The Balaban J connectivity index is 0.000000224. The topological polar surface area (TPSA) is 103 Å². The van der Waals surface area contributed by atoms with Gasteiger partial charge in [-0.1, -0.05) is 0 Å². The molecule has 1 aromatic rings. The number of nitrogens with one attached hydrogen (secondary N) is 1. The summed E-state index contributed by atoms with van der Waals surface area (Å²) in [4.78, 5) is 11.0. The zero-order chi connectivity index (χ0) is 17.0. The van der Waals surface area contributed by atoms with Gasteiger partial charge in [-0.2, -0.15) is 15.0 Å². The van der Waals surface area contributed by atoms with Gasteiger partial charge in [0.15, 0.2) is 0 Å². The third-order valence-corrected chi connectivity index (χ3v) is 6.75. The monoisotopic (exact) mass is 428 g/mol. The van der Waals surface area contributed by atoms with Gasteiger partial charge >= 0.3 is 0 Å². The predicted octanol–water partition coefficient (Wildman–Crippen LogP) is 2.72. The molecule has 0 atom stereocenters. The molecular weight excluding hydrogens is 417 g/mol. The molecular formula is C10H14Cl6N6. The average molecular weight is 431 g/mol. The van der Waals surface area contributed by atoms with Crippen LogP contribution in [0.15, 0.2) is 0 Å². The van der Waals surface area contributed by atoms with Crippen LogP contribution in [0.1, 0.15) is 0 Å². The minimum absolute atomic E-state index is 0.122. The first kappa shape index (κ1) is 20.2. The minimum atomic E-state index is -0.437. The second-order valence-electron chi connectivity index (χ2n) is 4.29. The zero-order valence-corrected chi connectivity index (χ0v) is 15.8. The molecule has 1 fully saturated rings. The maximum atomic E-state index is 5.88. The van der Waals surface area contributed by atoms with E-state index in [-0.39, 0.29) is 11.9 Å². The fourth-order valence-corrected chi connectivity index (χ4v) is 3.90. The van der Waals surface area contributed by atoms with E-state index in [2.05, 4.69) is 20.3 Å². The smallest absolute Gasteiger partial charge is 0.229 e. The summed E-state index contributed by atoms with van der Waals surface area (Å²) in [7, 11) is 1.67. The number of halogens is 6. The molecule has 126 valence electrons. The molecule has 2 rings (SSSR count). The maximum absolute atomic E-state index is 5.88. The third kappa shape index (κ3) is 5.08. The van der Waals surface area contributed by atoms with Crippen LogP contribution in [0, 0.1) is 0 Å². The van der Waals surface area contributed by atoms with Crippen molar-refractivity contribution in [3.05, 3.63) is 0 Å². The number of aromatic nitrogens is 3. The van der Waals surface area contributed by atoms with Gasteiger partial charge in [0, 0.05) is 7.05 Å². The minimum Gasteiger partial charge on any atom is -0.368 e. The summed E-state index contributed by atoms with van der Waals surface area (Å²) in [6, 6.07) is 0. The van der Waals surface area contributed by atoms with Crippen LogP contribution < -0.4 is 16.8 Å². The van der Waals surface area contributed by atoms with Crippen LogP contribution in [-0.2, 0) is 0 Å². The van der Waals surface area contributed by atoms with Crippen molar-refractivity contribution in [3.8, 4) is 0 Å². The van der Waals surface area contributed by atoms with Gasteiger partial charge in [-0.3, -0.25) is 0 Å². The van der Waals surface area contributed by atoms with E-state index < -0.39 is 32.3 Å². The number of alkyl halides is 6. The Bertz CT molecular complexity index is 414. The van der Waals surface area contributed by atoms with E-state index >= 15 is 0 Å². The molecule has 0 radical (unpaired) electrons. The first-order valence-electron chi connectivity index (χ1n) is 5.98. The fourth-order valence-electron chi connectivity index (χ4n) is 1.57. The quantitative estimate of drug-likeness (QED) is 0.592. The van der Waals surface area contributed by atoms with Gasteiger partial charge in [0.05, 0.1) is 32.3 Å². The molecule has 6 nitrogen and oxygen atoms in total. The summed E-state index contributed by atoms with van der Waals surface area (Å²) in [6.45, 7) is 0. The van der Waals surface area contributed by atoms with Gasteiger partial charge in [-0.25, -0.2) is 0 Å². The summed E-state index contributed by atoms with van der Waals surface area (Å²) in [6.07, 6.45) is 0.